The van der Waals surface area contributed by atoms with Crippen LogP contribution in [0.5, 0.6) is 5.75 Å². The third kappa shape index (κ3) is 2.53. The number of aliphatic carboxylic acids is 1. The molecular formula is C11H12FNO3S. The Kier molecular flexibility index (Phi) is 3.54. The van der Waals surface area contributed by atoms with Crippen molar-refractivity contribution < 1.29 is 19.0 Å². The van der Waals surface area contributed by atoms with Gasteiger partial charge in [0.1, 0.15) is 6.04 Å². The highest BCUT2D eigenvalue weighted by Crippen LogP contribution is 2.34. The van der Waals surface area contributed by atoms with Gasteiger partial charge in [-0.3, -0.25) is 10.1 Å². The van der Waals surface area contributed by atoms with Crippen molar-refractivity contribution in [3.05, 3.63) is 29.6 Å². The zero-order valence-corrected chi connectivity index (χ0v) is 9.96. The maximum Gasteiger partial charge on any atom is 0.321 e. The van der Waals surface area contributed by atoms with Crippen molar-refractivity contribution in [3.8, 4) is 5.75 Å². The molecule has 2 N–H and O–H groups in total. The van der Waals surface area contributed by atoms with Crippen LogP contribution in [0.3, 0.4) is 0 Å². The highest BCUT2D eigenvalue weighted by atomic mass is 32.2. The van der Waals surface area contributed by atoms with E-state index in [1.54, 1.807) is 12.1 Å². The number of hydrogen-bond donors (Lipinski definition) is 2. The van der Waals surface area contributed by atoms with Crippen LogP contribution in [0.1, 0.15) is 10.9 Å². The van der Waals surface area contributed by atoms with Gasteiger partial charge in [-0.2, -0.15) is 0 Å². The second-order valence-electron chi connectivity index (χ2n) is 3.66. The van der Waals surface area contributed by atoms with Crippen molar-refractivity contribution in [3.63, 3.8) is 0 Å². The highest BCUT2D eigenvalue weighted by molar-refractivity contribution is 7.99. The van der Waals surface area contributed by atoms with Gasteiger partial charge in [0.05, 0.1) is 12.5 Å². The Morgan fingerprint density at radius 2 is 2.41 bits per heavy atom. The van der Waals surface area contributed by atoms with Crippen LogP contribution < -0.4 is 10.1 Å². The number of carbonyl (C=O) groups is 1. The zero-order chi connectivity index (χ0) is 12.4. The molecule has 4 nitrogen and oxygen atoms in total. The molecule has 0 bridgehead atoms. The molecule has 1 saturated heterocycles. The Bertz CT molecular complexity index is 441. The summed E-state index contributed by atoms with van der Waals surface area (Å²) in [5.74, 6) is -0.653. The van der Waals surface area contributed by atoms with Crippen LogP contribution in [0.2, 0.25) is 0 Å². The molecule has 1 aliphatic rings. The maximum absolute atomic E-state index is 13.5. The average Bonchev–Trinajstić information content (AvgIpc) is 2.78. The van der Waals surface area contributed by atoms with Crippen molar-refractivity contribution in [2.24, 2.45) is 0 Å². The summed E-state index contributed by atoms with van der Waals surface area (Å²) in [6.45, 7) is 0. The molecule has 1 fully saturated rings. The molecule has 17 heavy (non-hydrogen) atoms. The van der Waals surface area contributed by atoms with E-state index in [9.17, 15) is 9.18 Å². The lowest BCUT2D eigenvalue weighted by Crippen LogP contribution is -2.33. The summed E-state index contributed by atoms with van der Waals surface area (Å²) < 4.78 is 18.3. The van der Waals surface area contributed by atoms with E-state index in [-0.39, 0.29) is 11.1 Å². The van der Waals surface area contributed by atoms with E-state index in [4.69, 9.17) is 9.84 Å². The van der Waals surface area contributed by atoms with E-state index in [2.05, 4.69) is 5.32 Å². The first-order valence-corrected chi connectivity index (χ1v) is 6.10. The van der Waals surface area contributed by atoms with Gasteiger partial charge in [0.25, 0.3) is 0 Å². The lowest BCUT2D eigenvalue weighted by molar-refractivity contribution is -0.138. The molecule has 0 radical (unpaired) electrons. The van der Waals surface area contributed by atoms with Gasteiger partial charge in [-0.25, -0.2) is 4.39 Å². The molecule has 1 aliphatic heterocycles. The van der Waals surface area contributed by atoms with Gasteiger partial charge in [0.15, 0.2) is 11.6 Å². The van der Waals surface area contributed by atoms with E-state index < -0.39 is 17.8 Å². The van der Waals surface area contributed by atoms with Gasteiger partial charge in [-0.15, -0.1) is 11.8 Å². The standard InChI is InChI=1S/C11H12FNO3S/c1-16-9-3-2-6(4-7(9)12)10-13-8(5-17-10)11(14)15/h2-4,8,10,13H,5H2,1H3,(H,14,15)/t8-,10?/m1/s1. The van der Waals surface area contributed by atoms with E-state index in [1.165, 1.54) is 24.9 Å². The molecule has 1 aromatic rings. The Morgan fingerprint density at radius 1 is 1.65 bits per heavy atom. The van der Waals surface area contributed by atoms with Gasteiger partial charge in [-0.1, -0.05) is 6.07 Å². The summed E-state index contributed by atoms with van der Waals surface area (Å²) in [5, 5.41) is 11.6. The van der Waals surface area contributed by atoms with E-state index in [0.29, 0.717) is 5.75 Å². The van der Waals surface area contributed by atoms with Crippen LogP contribution in [-0.4, -0.2) is 30.0 Å². The summed E-state index contributed by atoms with van der Waals surface area (Å²) in [5.41, 5.74) is 0.719. The van der Waals surface area contributed by atoms with Crippen molar-refractivity contribution in [1.82, 2.24) is 5.32 Å². The molecule has 0 saturated carbocycles. The second-order valence-corrected chi connectivity index (χ2v) is 4.80. The van der Waals surface area contributed by atoms with Crippen LogP contribution in [0.25, 0.3) is 0 Å². The van der Waals surface area contributed by atoms with Gasteiger partial charge in [0.2, 0.25) is 0 Å². The van der Waals surface area contributed by atoms with Crippen molar-refractivity contribution in [2.45, 2.75) is 11.4 Å². The molecule has 2 rings (SSSR count). The second kappa shape index (κ2) is 4.93. The largest absolute Gasteiger partial charge is 0.494 e. The Morgan fingerprint density at radius 3 is 2.94 bits per heavy atom. The number of halogens is 1. The van der Waals surface area contributed by atoms with Crippen molar-refractivity contribution in [2.75, 3.05) is 12.9 Å². The molecule has 1 aromatic carbocycles. The highest BCUT2D eigenvalue weighted by Gasteiger charge is 2.30. The summed E-state index contributed by atoms with van der Waals surface area (Å²) in [7, 11) is 1.40. The Balaban J connectivity index is 2.14. The molecular weight excluding hydrogens is 245 g/mol. The average molecular weight is 257 g/mol. The minimum absolute atomic E-state index is 0.184. The van der Waals surface area contributed by atoms with E-state index in [1.807, 2.05) is 0 Å². The molecule has 0 aromatic heterocycles. The molecule has 1 unspecified atom stereocenters. The first-order chi connectivity index (χ1) is 8.11. The Labute approximate surface area is 102 Å². The predicted molar refractivity (Wildman–Crippen MR) is 62.7 cm³/mol. The molecule has 6 heteroatoms. The fourth-order valence-electron chi connectivity index (χ4n) is 1.65. The van der Waals surface area contributed by atoms with Gasteiger partial charge < -0.3 is 9.84 Å². The molecule has 0 amide bonds. The SMILES string of the molecule is COc1ccc(C2N[C@@H](C(=O)O)CS2)cc1F. The summed E-state index contributed by atoms with van der Waals surface area (Å²) in [4.78, 5) is 10.8. The molecule has 2 atom stereocenters. The van der Waals surface area contributed by atoms with Crippen LogP contribution in [0.4, 0.5) is 4.39 Å². The number of nitrogens with one attached hydrogen (secondary N) is 1. The predicted octanol–water partition coefficient (Wildman–Crippen LogP) is 1.62. The normalized spacial score (nSPS) is 23.6. The number of carboxylic acids is 1. The number of rotatable bonds is 3. The number of benzene rings is 1. The fraction of sp³-hybridized carbons (Fsp3) is 0.364. The quantitative estimate of drug-likeness (QED) is 0.861. The van der Waals surface area contributed by atoms with Crippen LogP contribution in [0.15, 0.2) is 18.2 Å². The molecule has 1 heterocycles. The van der Waals surface area contributed by atoms with Crippen molar-refractivity contribution in [1.29, 1.82) is 0 Å². The first-order valence-electron chi connectivity index (χ1n) is 5.05. The third-order valence-corrected chi connectivity index (χ3v) is 3.83. The summed E-state index contributed by atoms with van der Waals surface area (Å²) in [6, 6.07) is 4.07. The summed E-state index contributed by atoms with van der Waals surface area (Å²) >= 11 is 1.45. The fourth-order valence-corrected chi connectivity index (χ4v) is 2.88. The first kappa shape index (κ1) is 12.2. The smallest absolute Gasteiger partial charge is 0.321 e. The number of hydrogen-bond acceptors (Lipinski definition) is 4. The minimum Gasteiger partial charge on any atom is -0.494 e. The molecule has 0 aliphatic carbocycles. The van der Waals surface area contributed by atoms with Gasteiger partial charge in [0, 0.05) is 5.75 Å². The number of thioether (sulfide) groups is 1. The van der Waals surface area contributed by atoms with Gasteiger partial charge in [-0.05, 0) is 17.7 Å². The van der Waals surface area contributed by atoms with Gasteiger partial charge >= 0.3 is 5.97 Å². The molecule has 0 spiro atoms. The number of methoxy groups -OCH3 is 1. The van der Waals surface area contributed by atoms with Crippen molar-refractivity contribution >= 4 is 17.7 Å². The lowest BCUT2D eigenvalue weighted by Gasteiger charge is -2.12. The maximum atomic E-state index is 13.5. The third-order valence-electron chi connectivity index (χ3n) is 2.56. The number of ether oxygens (including phenoxy) is 1. The number of carboxylic acid groups (broad SMARTS) is 1. The van der Waals surface area contributed by atoms with E-state index in [0.717, 1.165) is 5.56 Å². The lowest BCUT2D eigenvalue weighted by atomic mass is 10.2. The zero-order valence-electron chi connectivity index (χ0n) is 9.14. The van der Waals surface area contributed by atoms with E-state index >= 15 is 0 Å². The van der Waals surface area contributed by atoms with Crippen LogP contribution >= 0.6 is 11.8 Å². The summed E-state index contributed by atoms with van der Waals surface area (Å²) in [6.07, 6.45) is 0. The monoisotopic (exact) mass is 257 g/mol. The topological polar surface area (TPSA) is 58.6 Å². The minimum atomic E-state index is -0.881. The van der Waals surface area contributed by atoms with Crippen LogP contribution in [0, 0.1) is 5.82 Å². The Hall–Kier alpha value is -1.27. The van der Waals surface area contributed by atoms with Crippen LogP contribution in [-0.2, 0) is 4.79 Å². The molecule has 92 valence electrons.